The molecule has 0 aliphatic carbocycles. The fourth-order valence-electron chi connectivity index (χ4n) is 1.97. The molecule has 0 heterocycles. The highest BCUT2D eigenvalue weighted by Gasteiger charge is 2.17. The van der Waals surface area contributed by atoms with Crippen molar-refractivity contribution < 1.29 is 19.2 Å². The van der Waals surface area contributed by atoms with Gasteiger partial charge in [0.25, 0.3) is 11.6 Å². The Morgan fingerprint density at radius 2 is 1.92 bits per heavy atom. The maximum absolute atomic E-state index is 12.0. The highest BCUT2D eigenvalue weighted by Crippen LogP contribution is 2.20. The molecular weight excluding hydrogens is 358 g/mol. The fraction of sp³-hybridized carbons (Fsp3) is 0.176. The number of thioether (sulfide) groups is 1. The van der Waals surface area contributed by atoms with Gasteiger partial charge in [-0.2, -0.15) is 0 Å². The number of esters is 1. The van der Waals surface area contributed by atoms with Crippen LogP contribution in [0.15, 0.2) is 53.4 Å². The third-order valence-corrected chi connectivity index (χ3v) is 4.25. The molecule has 8 nitrogen and oxygen atoms in total. The number of nitro groups is 1. The molecule has 0 saturated heterocycles. The Morgan fingerprint density at radius 1 is 1.19 bits per heavy atom. The lowest BCUT2D eigenvalue weighted by Crippen LogP contribution is -2.30. The second-order valence-electron chi connectivity index (χ2n) is 5.12. The van der Waals surface area contributed by atoms with Gasteiger partial charge in [-0.05, 0) is 18.2 Å². The normalized spacial score (nSPS) is 10.2. The first kappa shape index (κ1) is 19.3. The number of nitrogens with zero attached hydrogens (tertiary/aromatic N) is 1. The lowest BCUT2D eigenvalue weighted by atomic mass is 10.1. The second kappa shape index (κ2) is 9.42. The number of carbonyl (C=O) groups excluding carboxylic acids is 2. The maximum atomic E-state index is 12.0. The number of rotatable bonds is 8. The lowest BCUT2D eigenvalue weighted by Gasteiger charge is -2.08. The van der Waals surface area contributed by atoms with Crippen LogP contribution in [0.5, 0.6) is 0 Å². The summed E-state index contributed by atoms with van der Waals surface area (Å²) in [5.74, 6) is -0.683. The SMILES string of the molecule is Nc1ccc([N+](=O)[O-])cc1C(=O)OCC(=O)NCCSc1ccccc1. The highest BCUT2D eigenvalue weighted by atomic mass is 32.2. The molecule has 2 rings (SSSR count). The molecular formula is C17H17N3O5S. The number of nitrogens with two attached hydrogens (primary N) is 1. The van der Waals surface area contributed by atoms with E-state index in [9.17, 15) is 19.7 Å². The minimum absolute atomic E-state index is 0.0419. The molecule has 2 aromatic rings. The largest absolute Gasteiger partial charge is 0.452 e. The van der Waals surface area contributed by atoms with Crippen LogP contribution in [-0.4, -0.2) is 35.7 Å². The predicted octanol–water partition coefficient (Wildman–Crippen LogP) is 2.24. The minimum Gasteiger partial charge on any atom is -0.452 e. The van der Waals surface area contributed by atoms with Gasteiger partial charge in [-0.1, -0.05) is 18.2 Å². The first-order valence-electron chi connectivity index (χ1n) is 7.63. The number of ether oxygens (including phenoxy) is 1. The Morgan fingerprint density at radius 3 is 2.62 bits per heavy atom. The third-order valence-electron chi connectivity index (χ3n) is 3.24. The summed E-state index contributed by atoms with van der Waals surface area (Å²) in [6, 6.07) is 13.2. The zero-order chi connectivity index (χ0) is 18.9. The average molecular weight is 375 g/mol. The van der Waals surface area contributed by atoms with Crippen molar-refractivity contribution in [3.05, 3.63) is 64.2 Å². The van der Waals surface area contributed by atoms with Crippen LogP contribution in [0.25, 0.3) is 0 Å². The van der Waals surface area contributed by atoms with Crippen molar-refractivity contribution in [2.24, 2.45) is 0 Å². The molecule has 0 saturated carbocycles. The summed E-state index contributed by atoms with van der Waals surface area (Å²) >= 11 is 1.59. The number of hydrogen-bond acceptors (Lipinski definition) is 7. The summed E-state index contributed by atoms with van der Waals surface area (Å²) in [6.07, 6.45) is 0. The van der Waals surface area contributed by atoms with E-state index in [1.807, 2.05) is 30.3 Å². The smallest absolute Gasteiger partial charge is 0.341 e. The van der Waals surface area contributed by atoms with E-state index >= 15 is 0 Å². The van der Waals surface area contributed by atoms with Crippen molar-refractivity contribution in [1.29, 1.82) is 0 Å². The molecule has 2 aromatic carbocycles. The van der Waals surface area contributed by atoms with Crippen molar-refractivity contribution >= 4 is 35.0 Å². The van der Waals surface area contributed by atoms with Gasteiger partial charge >= 0.3 is 5.97 Å². The van der Waals surface area contributed by atoms with E-state index in [4.69, 9.17) is 10.5 Å². The van der Waals surface area contributed by atoms with Gasteiger partial charge in [0.15, 0.2) is 6.61 Å². The van der Waals surface area contributed by atoms with Crippen LogP contribution in [-0.2, 0) is 9.53 Å². The molecule has 0 radical (unpaired) electrons. The summed E-state index contributed by atoms with van der Waals surface area (Å²) < 4.78 is 4.86. The molecule has 3 N–H and O–H groups in total. The number of amides is 1. The zero-order valence-electron chi connectivity index (χ0n) is 13.7. The van der Waals surface area contributed by atoms with Crippen LogP contribution in [0.4, 0.5) is 11.4 Å². The Labute approximate surface area is 153 Å². The number of nitrogen functional groups attached to an aromatic ring is 1. The van der Waals surface area contributed by atoms with Crippen molar-refractivity contribution in [2.75, 3.05) is 24.6 Å². The van der Waals surface area contributed by atoms with Crippen LogP contribution in [0.2, 0.25) is 0 Å². The predicted molar refractivity (Wildman–Crippen MR) is 98.0 cm³/mol. The van der Waals surface area contributed by atoms with Crippen LogP contribution in [0.3, 0.4) is 0 Å². The number of benzene rings is 2. The number of anilines is 1. The van der Waals surface area contributed by atoms with E-state index in [1.54, 1.807) is 11.8 Å². The fourth-order valence-corrected chi connectivity index (χ4v) is 2.76. The van der Waals surface area contributed by atoms with E-state index in [2.05, 4.69) is 5.32 Å². The highest BCUT2D eigenvalue weighted by molar-refractivity contribution is 7.99. The molecule has 0 spiro atoms. The summed E-state index contributed by atoms with van der Waals surface area (Å²) in [7, 11) is 0. The molecule has 136 valence electrons. The summed E-state index contributed by atoms with van der Waals surface area (Å²) in [5, 5.41) is 13.4. The molecule has 1 amide bonds. The average Bonchev–Trinajstić information content (AvgIpc) is 2.64. The lowest BCUT2D eigenvalue weighted by molar-refractivity contribution is -0.384. The van der Waals surface area contributed by atoms with Crippen molar-refractivity contribution in [1.82, 2.24) is 5.32 Å². The Hall–Kier alpha value is -3.07. The van der Waals surface area contributed by atoms with E-state index in [1.165, 1.54) is 12.1 Å². The first-order chi connectivity index (χ1) is 12.5. The first-order valence-corrected chi connectivity index (χ1v) is 8.61. The van der Waals surface area contributed by atoms with E-state index in [-0.39, 0.29) is 16.9 Å². The number of carbonyl (C=O) groups is 2. The van der Waals surface area contributed by atoms with E-state index < -0.39 is 23.4 Å². The van der Waals surface area contributed by atoms with E-state index in [0.717, 1.165) is 11.0 Å². The quantitative estimate of drug-likeness (QED) is 0.181. The molecule has 0 atom stereocenters. The van der Waals surface area contributed by atoms with Gasteiger partial charge < -0.3 is 15.8 Å². The van der Waals surface area contributed by atoms with Gasteiger partial charge in [0.2, 0.25) is 0 Å². The summed E-state index contributed by atoms with van der Waals surface area (Å²) in [6.45, 7) is -0.0775. The number of nitro benzene ring substituents is 1. The van der Waals surface area contributed by atoms with Gasteiger partial charge in [0.1, 0.15) is 0 Å². The van der Waals surface area contributed by atoms with Crippen LogP contribution < -0.4 is 11.1 Å². The van der Waals surface area contributed by atoms with Crippen molar-refractivity contribution in [3.63, 3.8) is 0 Å². The van der Waals surface area contributed by atoms with Gasteiger partial charge in [-0.15, -0.1) is 11.8 Å². The van der Waals surface area contributed by atoms with Crippen molar-refractivity contribution in [2.45, 2.75) is 4.90 Å². The molecule has 0 aliphatic heterocycles. The minimum atomic E-state index is -0.889. The number of hydrogen-bond donors (Lipinski definition) is 2. The number of nitrogens with one attached hydrogen (secondary N) is 1. The molecule has 0 aromatic heterocycles. The topological polar surface area (TPSA) is 125 Å². The molecule has 0 fully saturated rings. The zero-order valence-corrected chi connectivity index (χ0v) is 14.5. The summed E-state index contributed by atoms with van der Waals surface area (Å²) in [4.78, 5) is 34.9. The van der Waals surface area contributed by atoms with Crippen molar-refractivity contribution in [3.8, 4) is 0 Å². The molecule has 26 heavy (non-hydrogen) atoms. The van der Waals surface area contributed by atoms with Gasteiger partial charge in [0, 0.05) is 35.0 Å². The molecule has 0 aliphatic rings. The van der Waals surface area contributed by atoms with Crippen LogP contribution in [0.1, 0.15) is 10.4 Å². The Bertz CT molecular complexity index is 798. The maximum Gasteiger partial charge on any atom is 0.341 e. The number of non-ortho nitro benzene ring substituents is 1. The monoisotopic (exact) mass is 375 g/mol. The molecule has 9 heteroatoms. The standard InChI is InChI=1S/C17H17N3O5S/c18-15-7-6-12(20(23)24)10-14(15)17(22)25-11-16(21)19-8-9-26-13-4-2-1-3-5-13/h1-7,10H,8-9,11,18H2,(H,19,21). The van der Waals surface area contributed by atoms with Crippen LogP contribution in [0, 0.1) is 10.1 Å². The Balaban J connectivity index is 1.75. The van der Waals surface area contributed by atoms with Gasteiger partial charge in [-0.3, -0.25) is 14.9 Å². The van der Waals surface area contributed by atoms with Crippen LogP contribution >= 0.6 is 11.8 Å². The second-order valence-corrected chi connectivity index (χ2v) is 6.28. The van der Waals surface area contributed by atoms with Gasteiger partial charge in [-0.25, -0.2) is 4.79 Å². The molecule has 0 bridgehead atoms. The van der Waals surface area contributed by atoms with Gasteiger partial charge in [0.05, 0.1) is 10.5 Å². The summed E-state index contributed by atoms with van der Waals surface area (Å²) in [5.41, 5.74) is 5.24. The molecule has 0 unspecified atom stereocenters. The third kappa shape index (κ3) is 5.78. The Kier molecular flexibility index (Phi) is 6.98. The van der Waals surface area contributed by atoms with E-state index in [0.29, 0.717) is 12.3 Å².